The van der Waals surface area contributed by atoms with Gasteiger partial charge in [0.05, 0.1) is 6.54 Å². The maximum absolute atomic E-state index is 13.1. The van der Waals surface area contributed by atoms with Crippen LogP contribution in [0.15, 0.2) is 48.5 Å². The Morgan fingerprint density at radius 1 is 1.12 bits per heavy atom. The van der Waals surface area contributed by atoms with Crippen LogP contribution >= 0.6 is 0 Å². The first-order valence-electron chi connectivity index (χ1n) is 11.6. The van der Waals surface area contributed by atoms with Gasteiger partial charge in [-0.05, 0) is 28.2 Å². The number of hydrogen-bond acceptors (Lipinski definition) is 5. The van der Waals surface area contributed by atoms with Gasteiger partial charge < -0.3 is 25.2 Å². The molecule has 0 spiro atoms. The number of ether oxygens (including phenoxy) is 1. The van der Waals surface area contributed by atoms with E-state index in [0.29, 0.717) is 6.42 Å². The topological polar surface area (TPSA) is 116 Å². The maximum atomic E-state index is 13.1. The molecule has 1 aliphatic carbocycles. The molecule has 8 nitrogen and oxygen atoms in total. The number of fused-ring (bicyclic) bond motifs is 3. The third kappa shape index (κ3) is 4.37. The van der Waals surface area contributed by atoms with Crippen molar-refractivity contribution in [2.24, 2.45) is 5.92 Å². The molecule has 3 N–H and O–H groups in total. The average Bonchev–Trinajstić information content (AvgIpc) is 3.40. The van der Waals surface area contributed by atoms with Gasteiger partial charge in [0.1, 0.15) is 12.6 Å². The quantitative estimate of drug-likeness (QED) is 0.578. The highest BCUT2D eigenvalue weighted by Gasteiger charge is 2.46. The molecule has 2 unspecified atom stereocenters. The van der Waals surface area contributed by atoms with Gasteiger partial charge in [-0.3, -0.25) is 4.79 Å². The van der Waals surface area contributed by atoms with Crippen molar-refractivity contribution in [3.63, 3.8) is 0 Å². The van der Waals surface area contributed by atoms with E-state index < -0.39 is 29.6 Å². The molecule has 1 fully saturated rings. The van der Waals surface area contributed by atoms with E-state index >= 15 is 0 Å². The van der Waals surface area contributed by atoms with Crippen molar-refractivity contribution in [2.75, 3.05) is 19.7 Å². The first-order chi connectivity index (χ1) is 16.2. The predicted octanol–water partition coefficient (Wildman–Crippen LogP) is 2.99. The lowest BCUT2D eigenvalue weighted by Gasteiger charge is -2.28. The normalized spacial score (nSPS) is 20.9. The van der Waals surface area contributed by atoms with E-state index in [2.05, 4.69) is 17.4 Å². The summed E-state index contributed by atoms with van der Waals surface area (Å²) in [6.45, 7) is 3.68. The summed E-state index contributed by atoms with van der Waals surface area (Å²) in [5, 5.41) is 22.1. The first kappa shape index (κ1) is 23.8. The number of carboxylic acids is 1. The molecule has 2 aromatic carbocycles. The summed E-state index contributed by atoms with van der Waals surface area (Å²) in [5.74, 6) is -2.07. The molecule has 0 aromatic heterocycles. The number of benzene rings is 2. The van der Waals surface area contributed by atoms with Gasteiger partial charge >= 0.3 is 12.1 Å². The van der Waals surface area contributed by atoms with Gasteiger partial charge in [0.25, 0.3) is 0 Å². The average molecular weight is 467 g/mol. The molecule has 1 heterocycles. The van der Waals surface area contributed by atoms with Crippen LogP contribution < -0.4 is 5.32 Å². The number of likely N-dealkylation sites (tertiary alicyclic amines) is 1. The molecule has 1 aliphatic heterocycles. The summed E-state index contributed by atoms with van der Waals surface area (Å²) in [7, 11) is 0. The Labute approximate surface area is 198 Å². The summed E-state index contributed by atoms with van der Waals surface area (Å²) in [4.78, 5) is 38.5. The Hall–Kier alpha value is -3.39. The molecule has 0 saturated carbocycles. The van der Waals surface area contributed by atoms with Crippen molar-refractivity contribution in [3.8, 4) is 11.1 Å². The van der Waals surface area contributed by atoms with Gasteiger partial charge in [-0.2, -0.15) is 0 Å². The Bertz CT molecular complexity index is 1060. The zero-order valence-electron chi connectivity index (χ0n) is 19.4. The highest BCUT2D eigenvalue weighted by atomic mass is 16.5. The molecule has 3 atom stereocenters. The second-order valence-electron chi connectivity index (χ2n) is 9.18. The largest absolute Gasteiger partial charge is 0.479 e. The van der Waals surface area contributed by atoms with Crippen molar-refractivity contribution < 1.29 is 29.3 Å². The van der Waals surface area contributed by atoms with Crippen LogP contribution in [0.4, 0.5) is 4.79 Å². The minimum absolute atomic E-state index is 0.0494. The van der Waals surface area contributed by atoms with Crippen LogP contribution in [0.25, 0.3) is 11.1 Å². The Morgan fingerprint density at radius 2 is 1.71 bits per heavy atom. The Balaban J connectivity index is 1.43. The van der Waals surface area contributed by atoms with Crippen LogP contribution in [-0.4, -0.2) is 64.4 Å². The van der Waals surface area contributed by atoms with Crippen LogP contribution in [0, 0.1) is 5.92 Å². The molecule has 34 heavy (non-hydrogen) atoms. The number of nitrogens with one attached hydrogen (secondary N) is 1. The zero-order valence-corrected chi connectivity index (χ0v) is 19.4. The van der Waals surface area contributed by atoms with E-state index in [1.54, 1.807) is 0 Å². The van der Waals surface area contributed by atoms with Crippen molar-refractivity contribution >= 4 is 18.0 Å². The van der Waals surface area contributed by atoms with Crippen molar-refractivity contribution in [1.82, 2.24) is 10.2 Å². The highest BCUT2D eigenvalue weighted by molar-refractivity contribution is 5.88. The number of carbonyl (C=O) groups is 3. The van der Waals surface area contributed by atoms with E-state index in [0.717, 1.165) is 22.3 Å². The second-order valence-corrected chi connectivity index (χ2v) is 9.18. The number of amides is 2. The van der Waals surface area contributed by atoms with E-state index in [1.165, 1.54) is 4.90 Å². The third-order valence-corrected chi connectivity index (χ3v) is 7.05. The monoisotopic (exact) mass is 466 g/mol. The zero-order chi connectivity index (χ0) is 24.5. The molecule has 4 rings (SSSR count). The van der Waals surface area contributed by atoms with Gasteiger partial charge in [0.2, 0.25) is 5.91 Å². The van der Waals surface area contributed by atoms with E-state index in [1.807, 2.05) is 50.2 Å². The van der Waals surface area contributed by atoms with Gasteiger partial charge in [0, 0.05) is 18.9 Å². The number of hydrogen-bond donors (Lipinski definition) is 3. The van der Waals surface area contributed by atoms with Crippen LogP contribution in [0.1, 0.15) is 43.7 Å². The van der Waals surface area contributed by atoms with E-state index in [4.69, 9.17) is 4.74 Å². The lowest BCUT2D eigenvalue weighted by Crippen LogP contribution is -2.52. The maximum Gasteiger partial charge on any atom is 0.407 e. The number of rotatable bonds is 7. The molecular weight excluding hydrogens is 436 g/mol. The molecule has 180 valence electrons. The summed E-state index contributed by atoms with van der Waals surface area (Å²) in [6, 6.07) is 15.2. The van der Waals surface area contributed by atoms with Crippen LogP contribution in [-0.2, 0) is 14.3 Å². The third-order valence-electron chi connectivity index (χ3n) is 7.05. The number of aliphatic hydroxyl groups is 1. The molecule has 2 aromatic rings. The first-order valence-corrected chi connectivity index (χ1v) is 11.6. The highest BCUT2D eigenvalue weighted by Crippen LogP contribution is 2.44. The fourth-order valence-electron chi connectivity index (χ4n) is 4.80. The predicted molar refractivity (Wildman–Crippen MR) is 125 cm³/mol. The lowest BCUT2D eigenvalue weighted by atomic mass is 9.97. The molecule has 2 aliphatic rings. The smallest absolute Gasteiger partial charge is 0.407 e. The van der Waals surface area contributed by atoms with Crippen LogP contribution in [0.2, 0.25) is 0 Å². The fourth-order valence-corrected chi connectivity index (χ4v) is 4.80. The summed E-state index contributed by atoms with van der Waals surface area (Å²) in [5.41, 5.74) is 2.48. The van der Waals surface area contributed by atoms with E-state index in [-0.39, 0.29) is 38.0 Å². The van der Waals surface area contributed by atoms with Gasteiger partial charge in [0.15, 0.2) is 5.60 Å². The van der Waals surface area contributed by atoms with Gasteiger partial charge in [-0.1, -0.05) is 68.8 Å². The van der Waals surface area contributed by atoms with Crippen molar-refractivity contribution in [1.29, 1.82) is 0 Å². The number of alkyl carbamates (subject to hydrolysis) is 1. The minimum atomic E-state index is -1.96. The number of nitrogens with zero attached hydrogens (tertiary/aromatic N) is 1. The fraction of sp³-hybridized carbons (Fsp3) is 0.423. The molecule has 8 heteroatoms. The summed E-state index contributed by atoms with van der Waals surface area (Å²) in [6.07, 6.45) is -0.128. The molecule has 0 radical (unpaired) electrons. The number of aliphatic carboxylic acids is 1. The summed E-state index contributed by atoms with van der Waals surface area (Å²) >= 11 is 0. The standard InChI is InChI=1S/C26H30N2O6/c1-3-16(2)22(23(29)28-13-12-26(33,15-28)24(30)31)27-25(32)34-14-21-19-10-6-4-8-17(19)18-9-5-7-11-20(18)21/h4-11,16,21-22,33H,3,12-15H2,1-2H3,(H,27,32)(H,30,31)/t16?,22-,26?/m0/s1. The Kier molecular flexibility index (Phi) is 6.61. The number of carbonyl (C=O) groups excluding carboxylic acids is 2. The Morgan fingerprint density at radius 3 is 2.24 bits per heavy atom. The molecule has 0 bridgehead atoms. The van der Waals surface area contributed by atoms with Gasteiger partial charge in [-0.15, -0.1) is 0 Å². The molecular formula is C26H30N2O6. The lowest BCUT2D eigenvalue weighted by molar-refractivity contribution is -0.157. The molecule has 2 amide bonds. The molecule has 1 saturated heterocycles. The van der Waals surface area contributed by atoms with Crippen molar-refractivity contribution in [2.45, 2.75) is 44.2 Å². The second kappa shape index (κ2) is 9.46. The van der Waals surface area contributed by atoms with Gasteiger partial charge in [-0.25, -0.2) is 9.59 Å². The number of β-amino-alcohol motifs (C(OH)–C–C–N with tert-alkyl or cyclic N) is 1. The van der Waals surface area contributed by atoms with E-state index in [9.17, 15) is 24.6 Å². The SMILES string of the molecule is CCC(C)[C@H](NC(=O)OCC1c2ccccc2-c2ccccc21)C(=O)N1CCC(O)(C(=O)O)C1. The summed E-state index contributed by atoms with van der Waals surface area (Å²) < 4.78 is 5.59. The number of carboxylic acid groups (broad SMARTS) is 1. The van der Waals surface area contributed by atoms with Crippen LogP contribution in [0.5, 0.6) is 0 Å². The van der Waals surface area contributed by atoms with Crippen molar-refractivity contribution in [3.05, 3.63) is 59.7 Å². The van der Waals surface area contributed by atoms with Crippen LogP contribution in [0.3, 0.4) is 0 Å². The minimum Gasteiger partial charge on any atom is -0.479 e.